The molecule has 1 aliphatic rings. The lowest BCUT2D eigenvalue weighted by Crippen LogP contribution is -2.41. The lowest BCUT2D eigenvalue weighted by molar-refractivity contribution is 0.0907. The van der Waals surface area contributed by atoms with Crippen molar-refractivity contribution in [2.45, 2.75) is 45.2 Å². The predicted octanol–water partition coefficient (Wildman–Crippen LogP) is 5.38. The fourth-order valence-electron chi connectivity index (χ4n) is 4.38. The van der Waals surface area contributed by atoms with Gasteiger partial charge in [0.05, 0.1) is 16.6 Å². The van der Waals surface area contributed by atoms with Crippen molar-refractivity contribution >= 4 is 27.9 Å². The van der Waals surface area contributed by atoms with Gasteiger partial charge in [-0.1, -0.05) is 67.5 Å². The molecule has 0 spiro atoms. The molecular weight excluding hydrogens is 418 g/mol. The van der Waals surface area contributed by atoms with E-state index in [0.29, 0.717) is 18.2 Å². The average Bonchev–Trinajstić information content (AvgIpc) is 3.45. The molecule has 1 aromatic carbocycles. The molecule has 1 fully saturated rings. The van der Waals surface area contributed by atoms with Crippen LogP contribution in [0, 0.1) is 5.92 Å². The Bertz CT molecular complexity index is 1220. The van der Waals surface area contributed by atoms with Crippen molar-refractivity contribution in [1.29, 1.82) is 0 Å². The number of carbonyl (C=O) groups excluding carboxylic acids is 1. The molecule has 0 bridgehead atoms. The third-order valence-corrected chi connectivity index (χ3v) is 7.16. The van der Waals surface area contributed by atoms with Gasteiger partial charge in [-0.3, -0.25) is 9.20 Å². The first-order valence-electron chi connectivity index (χ1n) is 11.2. The molecule has 6 nitrogen and oxygen atoms in total. The molecule has 2 N–H and O–H groups in total. The molecule has 0 aliphatic heterocycles. The number of hydrogen-bond donors (Lipinski definition) is 2. The summed E-state index contributed by atoms with van der Waals surface area (Å²) in [6, 6.07) is 16.3. The second-order valence-electron chi connectivity index (χ2n) is 8.45. The summed E-state index contributed by atoms with van der Waals surface area (Å²) in [4.78, 5) is 23.4. The molecule has 5 rings (SSSR count). The smallest absolute Gasteiger partial charge is 0.272 e. The second-order valence-corrected chi connectivity index (χ2v) is 9.48. The van der Waals surface area contributed by atoms with Crippen LogP contribution < -0.4 is 10.6 Å². The summed E-state index contributed by atoms with van der Waals surface area (Å²) in [7, 11) is 0. The topological polar surface area (TPSA) is 71.3 Å². The number of fused-ring (bicyclic) bond motifs is 1. The van der Waals surface area contributed by atoms with Crippen LogP contribution in [0.5, 0.6) is 0 Å². The molecule has 32 heavy (non-hydrogen) atoms. The lowest BCUT2D eigenvalue weighted by atomic mass is 9.86. The predicted molar refractivity (Wildman–Crippen MR) is 129 cm³/mol. The zero-order chi connectivity index (χ0) is 21.9. The van der Waals surface area contributed by atoms with Crippen molar-refractivity contribution in [3.05, 3.63) is 72.2 Å². The van der Waals surface area contributed by atoms with Crippen LogP contribution in [0.2, 0.25) is 0 Å². The number of benzene rings is 1. The van der Waals surface area contributed by atoms with E-state index in [2.05, 4.69) is 34.7 Å². The minimum atomic E-state index is -0.0920. The van der Waals surface area contributed by atoms with E-state index in [1.807, 2.05) is 53.2 Å². The molecule has 0 unspecified atom stereocenters. The molecule has 0 saturated heterocycles. The molecule has 164 valence electrons. The highest BCUT2D eigenvalue weighted by atomic mass is 32.1. The van der Waals surface area contributed by atoms with Crippen LogP contribution in [0.15, 0.2) is 60.9 Å². The van der Waals surface area contributed by atoms with Crippen molar-refractivity contribution in [2.24, 2.45) is 5.92 Å². The number of amides is 1. The third-order valence-electron chi connectivity index (χ3n) is 6.20. The van der Waals surface area contributed by atoms with Gasteiger partial charge < -0.3 is 10.6 Å². The molecule has 1 aliphatic carbocycles. The first-order valence-corrected chi connectivity index (χ1v) is 12.0. The number of hydrogen-bond acceptors (Lipinski definition) is 5. The quantitative estimate of drug-likeness (QED) is 0.418. The first-order chi connectivity index (χ1) is 15.7. The fraction of sp³-hybridized carbons (Fsp3) is 0.320. The van der Waals surface area contributed by atoms with Crippen molar-refractivity contribution < 1.29 is 4.79 Å². The Morgan fingerprint density at radius 2 is 1.94 bits per heavy atom. The number of nitrogens with zero attached hydrogens (tertiary/aromatic N) is 3. The van der Waals surface area contributed by atoms with E-state index in [1.54, 1.807) is 11.3 Å². The van der Waals surface area contributed by atoms with Crippen LogP contribution in [-0.2, 0) is 6.54 Å². The van der Waals surface area contributed by atoms with Gasteiger partial charge in [-0.25, -0.2) is 9.97 Å². The number of carbonyl (C=O) groups is 1. The largest absolute Gasteiger partial charge is 0.357 e. The van der Waals surface area contributed by atoms with E-state index >= 15 is 0 Å². The normalized spacial score (nSPS) is 18.5. The Balaban J connectivity index is 1.39. The summed E-state index contributed by atoms with van der Waals surface area (Å²) in [6.45, 7) is 2.94. The molecule has 7 heteroatoms. The Labute approximate surface area is 191 Å². The summed E-state index contributed by atoms with van der Waals surface area (Å²) >= 11 is 1.54. The average molecular weight is 446 g/mol. The Kier molecular flexibility index (Phi) is 5.90. The van der Waals surface area contributed by atoms with Crippen LogP contribution in [-0.4, -0.2) is 26.3 Å². The summed E-state index contributed by atoms with van der Waals surface area (Å²) in [6.07, 6.45) is 8.40. The molecule has 1 saturated carbocycles. The van der Waals surface area contributed by atoms with Gasteiger partial charge >= 0.3 is 0 Å². The molecule has 3 heterocycles. The molecule has 4 aromatic rings. The number of pyridine rings is 1. The summed E-state index contributed by atoms with van der Waals surface area (Å²) < 4.78 is 1.98. The van der Waals surface area contributed by atoms with Gasteiger partial charge in [0.1, 0.15) is 0 Å². The van der Waals surface area contributed by atoms with Gasteiger partial charge in [0, 0.05) is 18.8 Å². The van der Waals surface area contributed by atoms with Gasteiger partial charge in [-0.05, 0) is 36.5 Å². The lowest BCUT2D eigenvalue weighted by Gasteiger charge is -2.29. The maximum Gasteiger partial charge on any atom is 0.272 e. The van der Waals surface area contributed by atoms with Crippen molar-refractivity contribution in [3.8, 4) is 10.7 Å². The number of imidazole rings is 1. The summed E-state index contributed by atoms with van der Waals surface area (Å²) in [5.41, 5.74) is 2.49. The number of aromatic nitrogens is 3. The van der Waals surface area contributed by atoms with E-state index < -0.39 is 0 Å². The number of thiazole rings is 1. The van der Waals surface area contributed by atoms with Crippen molar-refractivity contribution in [1.82, 2.24) is 19.7 Å². The third kappa shape index (κ3) is 4.25. The zero-order valence-electron chi connectivity index (χ0n) is 18.1. The van der Waals surface area contributed by atoms with Gasteiger partial charge in [0.2, 0.25) is 0 Å². The van der Waals surface area contributed by atoms with Crippen LogP contribution in [0.25, 0.3) is 16.2 Å². The number of rotatable bonds is 6. The molecule has 1 amide bonds. The zero-order valence-corrected chi connectivity index (χ0v) is 18.9. The molecule has 0 radical (unpaired) electrons. The first kappa shape index (κ1) is 20.7. The summed E-state index contributed by atoms with van der Waals surface area (Å²) in [5, 5.41) is 7.46. The van der Waals surface area contributed by atoms with Crippen LogP contribution in [0.4, 0.5) is 5.13 Å². The Hall–Kier alpha value is -3.19. The second kappa shape index (κ2) is 9.12. The van der Waals surface area contributed by atoms with Crippen LogP contribution in [0.1, 0.15) is 48.7 Å². The monoisotopic (exact) mass is 445 g/mol. The van der Waals surface area contributed by atoms with Gasteiger partial charge in [0.15, 0.2) is 16.6 Å². The van der Waals surface area contributed by atoms with Crippen LogP contribution in [0.3, 0.4) is 0 Å². The molecular formula is C25H27N5OS. The van der Waals surface area contributed by atoms with E-state index in [0.717, 1.165) is 27.8 Å². The highest BCUT2D eigenvalue weighted by Gasteiger charge is 2.26. The van der Waals surface area contributed by atoms with Gasteiger partial charge in [-0.15, -0.1) is 0 Å². The maximum absolute atomic E-state index is 13.2. The van der Waals surface area contributed by atoms with E-state index in [4.69, 9.17) is 4.98 Å². The van der Waals surface area contributed by atoms with Gasteiger partial charge in [0.25, 0.3) is 5.91 Å². The van der Waals surface area contributed by atoms with Crippen LogP contribution >= 0.6 is 11.3 Å². The standard InChI is InChI=1S/C25H27N5OS/c1-17-9-5-6-12-19(17)28-24(31)22-20-13-7-8-14-30(20)23(29-22)21-16-27-25(32-21)26-15-18-10-3-2-4-11-18/h2-4,7-8,10-11,13-14,16-17,19H,5-6,9,12,15H2,1H3,(H,26,27)(H,28,31)/t17-,19-/m1/s1. The van der Waals surface area contributed by atoms with E-state index in [9.17, 15) is 4.79 Å². The van der Waals surface area contributed by atoms with E-state index in [-0.39, 0.29) is 11.9 Å². The summed E-state index contributed by atoms with van der Waals surface area (Å²) in [5.74, 6) is 1.15. The maximum atomic E-state index is 13.2. The Morgan fingerprint density at radius 1 is 1.12 bits per heavy atom. The minimum Gasteiger partial charge on any atom is -0.357 e. The Morgan fingerprint density at radius 3 is 2.78 bits per heavy atom. The van der Waals surface area contributed by atoms with E-state index in [1.165, 1.54) is 24.8 Å². The van der Waals surface area contributed by atoms with Crippen molar-refractivity contribution in [3.63, 3.8) is 0 Å². The van der Waals surface area contributed by atoms with Gasteiger partial charge in [-0.2, -0.15) is 0 Å². The highest BCUT2D eigenvalue weighted by Crippen LogP contribution is 2.31. The fourth-order valence-corrected chi connectivity index (χ4v) is 5.18. The molecule has 2 atom stereocenters. The number of anilines is 1. The number of nitrogens with one attached hydrogen (secondary N) is 2. The molecule has 3 aromatic heterocycles. The minimum absolute atomic E-state index is 0.0920. The highest BCUT2D eigenvalue weighted by molar-refractivity contribution is 7.18. The SMILES string of the molecule is C[C@@H]1CCCC[C@H]1NC(=O)c1nc(-c2cnc(NCc3ccccc3)s2)n2ccccc12. The van der Waals surface area contributed by atoms with Crippen molar-refractivity contribution in [2.75, 3.05) is 5.32 Å².